The van der Waals surface area contributed by atoms with Crippen LogP contribution in [0.3, 0.4) is 0 Å². The van der Waals surface area contributed by atoms with E-state index in [1.807, 2.05) is 0 Å². The second-order valence-electron chi connectivity index (χ2n) is 4.55. The van der Waals surface area contributed by atoms with Crippen molar-refractivity contribution in [2.24, 2.45) is 0 Å². The van der Waals surface area contributed by atoms with E-state index in [2.05, 4.69) is 0 Å². The summed E-state index contributed by atoms with van der Waals surface area (Å²) in [6.07, 6.45) is -10.1. The Labute approximate surface area is 108 Å². The zero-order valence-corrected chi connectivity index (χ0v) is 9.94. The lowest BCUT2D eigenvalue weighted by molar-refractivity contribution is -0.269. The first-order valence-corrected chi connectivity index (χ1v) is 5.90. The highest BCUT2D eigenvalue weighted by atomic mass is 16.8. The van der Waals surface area contributed by atoms with Crippen LogP contribution >= 0.6 is 0 Å². The Morgan fingerprint density at radius 3 is 1.32 bits per heavy atom. The lowest BCUT2D eigenvalue weighted by Crippen LogP contribution is -2.40. The fourth-order valence-corrected chi connectivity index (χ4v) is 2.09. The van der Waals surface area contributed by atoms with Gasteiger partial charge in [-0.2, -0.15) is 0 Å². The number of rotatable bonds is 4. The molecule has 0 radical (unpaired) electrons. The summed E-state index contributed by atoms with van der Waals surface area (Å²) in [5, 5.41) is 56.1. The largest absolute Gasteiger partial charge is 0.394 e. The molecule has 0 aromatic rings. The van der Waals surface area contributed by atoms with E-state index < -0.39 is 62.4 Å². The third kappa shape index (κ3) is 2.75. The van der Waals surface area contributed by atoms with Gasteiger partial charge in [-0.3, -0.25) is 0 Å². The van der Waals surface area contributed by atoms with Crippen LogP contribution in [0, 0.1) is 0 Å². The van der Waals surface area contributed by atoms with Crippen LogP contribution in [0.15, 0.2) is 0 Å². The summed E-state index contributed by atoms with van der Waals surface area (Å²) in [7, 11) is 0. The summed E-state index contributed by atoms with van der Waals surface area (Å²) in [6.45, 7) is -1.01. The molecule has 0 aromatic heterocycles. The van der Waals surface area contributed by atoms with Crippen LogP contribution in [0.5, 0.6) is 0 Å². The van der Waals surface area contributed by atoms with Gasteiger partial charge >= 0.3 is 0 Å². The van der Waals surface area contributed by atoms with E-state index in [1.165, 1.54) is 0 Å². The molecule has 0 spiro atoms. The van der Waals surface area contributed by atoms with Crippen LogP contribution < -0.4 is 0 Å². The summed E-state index contributed by atoms with van der Waals surface area (Å²) < 4.78 is 15.2. The van der Waals surface area contributed by atoms with E-state index in [9.17, 15) is 20.4 Å². The highest BCUT2D eigenvalue weighted by Gasteiger charge is 2.49. The molecule has 6 N–H and O–H groups in total. The lowest BCUT2D eigenvalue weighted by Gasteiger charge is -2.22. The van der Waals surface area contributed by atoms with Crippen molar-refractivity contribution in [2.75, 3.05) is 13.2 Å². The fraction of sp³-hybridized carbons (Fsp3) is 1.00. The topological polar surface area (TPSA) is 149 Å². The SMILES string of the molecule is OC[C@H]1OC(O[C@H]2O[C@H](CO)[C@@H](O)[C@H]2O)[C@H](O)[C@@H]1O. The maximum Gasteiger partial charge on any atom is 0.189 e. The molecule has 2 fully saturated rings. The molecular weight excluding hydrogens is 264 g/mol. The van der Waals surface area contributed by atoms with Crippen molar-refractivity contribution >= 4 is 0 Å². The van der Waals surface area contributed by atoms with Gasteiger partial charge in [0.1, 0.15) is 36.6 Å². The van der Waals surface area contributed by atoms with Crippen molar-refractivity contribution in [3.63, 3.8) is 0 Å². The molecule has 0 aromatic carbocycles. The van der Waals surface area contributed by atoms with Gasteiger partial charge < -0.3 is 44.8 Å². The Balaban J connectivity index is 1.95. The normalized spacial score (nSPS) is 50.8. The van der Waals surface area contributed by atoms with Gasteiger partial charge in [0.2, 0.25) is 0 Å². The van der Waals surface area contributed by atoms with E-state index in [1.54, 1.807) is 0 Å². The zero-order valence-electron chi connectivity index (χ0n) is 9.94. The molecule has 0 bridgehead atoms. The molecule has 2 saturated heterocycles. The van der Waals surface area contributed by atoms with E-state index in [4.69, 9.17) is 24.4 Å². The average molecular weight is 282 g/mol. The molecule has 0 amide bonds. The van der Waals surface area contributed by atoms with Gasteiger partial charge in [0.05, 0.1) is 13.2 Å². The number of ether oxygens (including phenoxy) is 3. The minimum Gasteiger partial charge on any atom is -0.394 e. The lowest BCUT2D eigenvalue weighted by atomic mass is 10.1. The van der Waals surface area contributed by atoms with Gasteiger partial charge in [0.25, 0.3) is 0 Å². The molecule has 2 rings (SSSR count). The molecule has 2 aliphatic rings. The summed E-state index contributed by atoms with van der Waals surface area (Å²) in [6, 6.07) is 0. The molecule has 2 aliphatic heterocycles. The van der Waals surface area contributed by atoms with E-state index in [0.29, 0.717) is 0 Å². The Hall–Kier alpha value is -0.360. The van der Waals surface area contributed by atoms with Gasteiger partial charge in [-0.15, -0.1) is 0 Å². The summed E-state index contributed by atoms with van der Waals surface area (Å²) >= 11 is 0. The fourth-order valence-electron chi connectivity index (χ4n) is 2.09. The van der Waals surface area contributed by atoms with Crippen molar-refractivity contribution in [3.05, 3.63) is 0 Å². The second kappa shape index (κ2) is 5.95. The highest BCUT2D eigenvalue weighted by molar-refractivity contribution is 4.90. The summed E-state index contributed by atoms with van der Waals surface area (Å²) in [5.41, 5.74) is 0. The van der Waals surface area contributed by atoms with Crippen molar-refractivity contribution in [1.82, 2.24) is 0 Å². The predicted molar refractivity (Wildman–Crippen MR) is 56.6 cm³/mol. The minimum absolute atomic E-state index is 0.506. The van der Waals surface area contributed by atoms with Crippen molar-refractivity contribution < 1.29 is 44.8 Å². The monoisotopic (exact) mass is 282 g/mol. The molecule has 9 heteroatoms. The maximum absolute atomic E-state index is 9.63. The number of aliphatic hydroxyl groups excluding tert-OH is 6. The van der Waals surface area contributed by atoms with Crippen LogP contribution in [-0.4, -0.2) is 93.1 Å². The molecule has 2 heterocycles. The first-order chi connectivity index (χ1) is 8.99. The van der Waals surface area contributed by atoms with Crippen molar-refractivity contribution in [2.45, 2.75) is 49.2 Å². The smallest absolute Gasteiger partial charge is 0.189 e. The van der Waals surface area contributed by atoms with E-state index >= 15 is 0 Å². The first kappa shape index (κ1) is 15.0. The molecule has 0 saturated carbocycles. The van der Waals surface area contributed by atoms with Gasteiger partial charge in [-0.05, 0) is 0 Å². The van der Waals surface area contributed by atoms with E-state index in [-0.39, 0.29) is 0 Å². The molecule has 9 nitrogen and oxygen atoms in total. The van der Waals surface area contributed by atoms with Gasteiger partial charge in [-0.25, -0.2) is 0 Å². The molecule has 8 atom stereocenters. The molecular formula is C10H18O9. The quantitative estimate of drug-likeness (QED) is 0.302. The average Bonchev–Trinajstić information content (AvgIpc) is 2.83. The summed E-state index contributed by atoms with van der Waals surface area (Å²) in [5.74, 6) is 0. The Kier molecular flexibility index (Phi) is 4.71. The molecule has 1 unspecified atom stereocenters. The Morgan fingerprint density at radius 1 is 0.684 bits per heavy atom. The Bertz CT molecular complexity index is 273. The number of aliphatic hydroxyl groups is 6. The van der Waals surface area contributed by atoms with Crippen LogP contribution in [0.4, 0.5) is 0 Å². The first-order valence-electron chi connectivity index (χ1n) is 5.90. The highest BCUT2D eigenvalue weighted by Crippen LogP contribution is 2.28. The molecule has 0 aliphatic carbocycles. The van der Waals surface area contributed by atoms with Crippen LogP contribution in [-0.2, 0) is 14.2 Å². The van der Waals surface area contributed by atoms with Crippen LogP contribution in [0.1, 0.15) is 0 Å². The third-order valence-electron chi connectivity index (χ3n) is 3.27. The van der Waals surface area contributed by atoms with Crippen LogP contribution in [0.2, 0.25) is 0 Å². The maximum atomic E-state index is 9.63. The van der Waals surface area contributed by atoms with Crippen molar-refractivity contribution in [1.29, 1.82) is 0 Å². The van der Waals surface area contributed by atoms with Gasteiger partial charge in [-0.1, -0.05) is 0 Å². The standard InChI is InChI=1S/C10H18O9/c11-1-3-5(13)7(15)9(17-3)19-10-8(16)6(14)4(2-12)18-10/h3-16H,1-2H2/t3-,4-,5-,6-,7-,8-,9-,10?/m1/s1. The van der Waals surface area contributed by atoms with Crippen molar-refractivity contribution in [3.8, 4) is 0 Å². The Morgan fingerprint density at radius 2 is 1.05 bits per heavy atom. The van der Waals surface area contributed by atoms with Gasteiger partial charge in [0.15, 0.2) is 12.6 Å². The molecule has 112 valence electrons. The minimum atomic E-state index is -1.42. The molecule has 19 heavy (non-hydrogen) atoms. The van der Waals surface area contributed by atoms with Crippen LogP contribution in [0.25, 0.3) is 0 Å². The third-order valence-corrected chi connectivity index (χ3v) is 3.27. The zero-order chi connectivity index (χ0) is 14.2. The summed E-state index contributed by atoms with van der Waals surface area (Å²) in [4.78, 5) is 0. The number of hydrogen-bond donors (Lipinski definition) is 6. The van der Waals surface area contributed by atoms with E-state index in [0.717, 1.165) is 0 Å². The number of hydrogen-bond acceptors (Lipinski definition) is 9. The second-order valence-corrected chi connectivity index (χ2v) is 4.55. The van der Waals surface area contributed by atoms with Gasteiger partial charge in [0, 0.05) is 0 Å². The predicted octanol–water partition coefficient (Wildman–Crippen LogP) is -4.12.